The largest absolute Gasteiger partial charge is 0.451 e. The molecule has 0 unspecified atom stereocenters. The van der Waals surface area contributed by atoms with Crippen molar-refractivity contribution in [1.29, 1.82) is 0 Å². The minimum Gasteiger partial charge on any atom is -0.451 e. The van der Waals surface area contributed by atoms with E-state index in [0.717, 1.165) is 12.1 Å². The summed E-state index contributed by atoms with van der Waals surface area (Å²) >= 11 is 0. The molecule has 10 nitrogen and oxygen atoms in total. The lowest BCUT2D eigenvalue weighted by molar-refractivity contribution is -0.114. The fourth-order valence-electron chi connectivity index (χ4n) is 3.04. The number of benzene rings is 2. The number of halogens is 2. The normalized spacial score (nSPS) is 11.8. The summed E-state index contributed by atoms with van der Waals surface area (Å²) in [6, 6.07) is 7.12. The smallest absolute Gasteiger partial charge is 0.275 e. The molecule has 0 saturated carbocycles. The first-order chi connectivity index (χ1) is 18.0. The number of hydrogen-bond donors (Lipinski definition) is 2. The molecule has 0 aliphatic carbocycles. The summed E-state index contributed by atoms with van der Waals surface area (Å²) < 4.78 is 75.0. The standard InChI is InChI=1S/C25H31F2N3O7S/c1-17(24(31)30-25(28)29)14-18-15-21(26)23(22(27)16-18)37-19-4-6-20(7-5-19)38(32,33)13-3-8-35-11-12-36-10-9-34-2/h4-7,14-16H,3,8-13H2,1-2H3,(H4,28,29,30,31)/b17-14+. The van der Waals surface area contributed by atoms with E-state index in [9.17, 15) is 22.0 Å². The fraction of sp³-hybridized carbons (Fsp3) is 0.360. The first-order valence-electron chi connectivity index (χ1n) is 11.5. The summed E-state index contributed by atoms with van der Waals surface area (Å²) in [5, 5.41) is 0. The van der Waals surface area contributed by atoms with Gasteiger partial charge in [-0.3, -0.25) is 4.79 Å². The van der Waals surface area contributed by atoms with Crippen molar-refractivity contribution in [3.05, 3.63) is 59.2 Å². The van der Waals surface area contributed by atoms with Crippen LogP contribution in [-0.2, 0) is 28.8 Å². The Balaban J connectivity index is 1.96. The molecular weight excluding hydrogens is 524 g/mol. The molecule has 0 aromatic heterocycles. The minimum atomic E-state index is -3.59. The average molecular weight is 556 g/mol. The highest BCUT2D eigenvalue weighted by Crippen LogP contribution is 2.30. The zero-order valence-corrected chi connectivity index (χ0v) is 21.9. The lowest BCUT2D eigenvalue weighted by atomic mass is 10.1. The summed E-state index contributed by atoms with van der Waals surface area (Å²) in [5.41, 5.74) is 10.4. The number of sulfone groups is 1. The Morgan fingerprint density at radius 2 is 1.55 bits per heavy atom. The van der Waals surface area contributed by atoms with E-state index in [-0.39, 0.29) is 40.6 Å². The van der Waals surface area contributed by atoms with Gasteiger partial charge in [0, 0.05) is 19.3 Å². The van der Waals surface area contributed by atoms with Crippen LogP contribution in [0.5, 0.6) is 11.5 Å². The van der Waals surface area contributed by atoms with Crippen molar-refractivity contribution >= 4 is 27.8 Å². The molecule has 38 heavy (non-hydrogen) atoms. The predicted molar refractivity (Wildman–Crippen MR) is 138 cm³/mol. The van der Waals surface area contributed by atoms with Crippen LogP contribution in [0.15, 0.2) is 51.9 Å². The summed E-state index contributed by atoms with van der Waals surface area (Å²) in [4.78, 5) is 15.2. The lowest BCUT2D eigenvalue weighted by Crippen LogP contribution is -2.24. The molecule has 13 heteroatoms. The van der Waals surface area contributed by atoms with Crippen LogP contribution < -0.4 is 16.2 Å². The molecule has 2 rings (SSSR count). The molecular formula is C25H31F2N3O7S. The van der Waals surface area contributed by atoms with Gasteiger partial charge in [-0.05, 0) is 61.4 Å². The van der Waals surface area contributed by atoms with Crippen LogP contribution in [0.1, 0.15) is 18.9 Å². The maximum atomic E-state index is 14.6. The van der Waals surface area contributed by atoms with Crippen molar-refractivity contribution in [1.82, 2.24) is 0 Å². The zero-order chi connectivity index (χ0) is 28.1. The van der Waals surface area contributed by atoms with Crippen molar-refractivity contribution in [2.24, 2.45) is 16.5 Å². The van der Waals surface area contributed by atoms with Crippen molar-refractivity contribution in [3.63, 3.8) is 0 Å². The Hall–Kier alpha value is -3.39. The number of hydrogen-bond acceptors (Lipinski definition) is 7. The van der Waals surface area contributed by atoms with Gasteiger partial charge in [0.25, 0.3) is 5.91 Å². The second kappa shape index (κ2) is 15.1. The van der Waals surface area contributed by atoms with Crippen molar-refractivity contribution in [2.75, 3.05) is 45.9 Å². The monoisotopic (exact) mass is 555 g/mol. The van der Waals surface area contributed by atoms with Gasteiger partial charge in [0.2, 0.25) is 0 Å². The predicted octanol–water partition coefficient (Wildman–Crippen LogP) is 2.80. The number of amides is 1. The maximum absolute atomic E-state index is 14.6. The third-order valence-corrected chi connectivity index (χ3v) is 6.70. The molecule has 0 spiro atoms. The molecule has 0 bridgehead atoms. The van der Waals surface area contributed by atoms with E-state index >= 15 is 0 Å². The SMILES string of the molecule is COCCOCCOCCCS(=O)(=O)c1ccc(Oc2c(F)cc(/C=C(\C)C(=O)N=C(N)N)cc2F)cc1. The molecule has 0 aliphatic heterocycles. The first-order valence-corrected chi connectivity index (χ1v) is 13.1. The molecule has 0 radical (unpaired) electrons. The molecule has 2 aromatic rings. The maximum Gasteiger partial charge on any atom is 0.275 e. The Labute approximate surface area is 220 Å². The van der Waals surface area contributed by atoms with Crippen LogP contribution in [0.2, 0.25) is 0 Å². The highest BCUT2D eigenvalue weighted by molar-refractivity contribution is 7.91. The number of guanidine groups is 1. The van der Waals surface area contributed by atoms with Gasteiger partial charge in [0.05, 0.1) is 37.1 Å². The number of carbonyl (C=O) groups is 1. The van der Waals surface area contributed by atoms with Crippen LogP contribution in [0.4, 0.5) is 8.78 Å². The van der Waals surface area contributed by atoms with Crippen molar-refractivity contribution in [2.45, 2.75) is 18.2 Å². The number of methoxy groups -OCH3 is 1. The minimum absolute atomic E-state index is 0.0287. The number of ether oxygens (including phenoxy) is 4. The van der Waals surface area contributed by atoms with Crippen LogP contribution in [0.3, 0.4) is 0 Å². The molecule has 0 aliphatic rings. The van der Waals surface area contributed by atoms with E-state index in [1.165, 1.54) is 37.3 Å². The highest BCUT2D eigenvalue weighted by Gasteiger charge is 2.17. The lowest BCUT2D eigenvalue weighted by Gasteiger charge is -2.10. The third kappa shape index (κ3) is 10.2. The number of nitrogens with zero attached hydrogens (tertiary/aromatic N) is 1. The van der Waals surface area contributed by atoms with Gasteiger partial charge in [0.15, 0.2) is 33.2 Å². The van der Waals surface area contributed by atoms with Crippen molar-refractivity contribution in [3.8, 4) is 11.5 Å². The molecule has 0 saturated heterocycles. The van der Waals surface area contributed by atoms with Gasteiger partial charge in [0.1, 0.15) is 5.75 Å². The van der Waals surface area contributed by atoms with E-state index in [2.05, 4.69) is 4.99 Å². The first kappa shape index (κ1) is 30.8. The van der Waals surface area contributed by atoms with Crippen LogP contribution in [0, 0.1) is 11.6 Å². The molecule has 0 fully saturated rings. The average Bonchev–Trinajstić information content (AvgIpc) is 2.85. The second-order valence-electron chi connectivity index (χ2n) is 7.95. The van der Waals surface area contributed by atoms with Crippen molar-refractivity contribution < 1.29 is 40.9 Å². The second-order valence-corrected chi connectivity index (χ2v) is 10.1. The van der Waals surface area contributed by atoms with E-state index in [1.54, 1.807) is 7.11 Å². The topological polar surface area (TPSA) is 153 Å². The molecule has 4 N–H and O–H groups in total. The summed E-state index contributed by atoms with van der Waals surface area (Å²) in [7, 11) is -2.02. The number of rotatable bonds is 15. The molecule has 0 heterocycles. The third-order valence-electron chi connectivity index (χ3n) is 4.88. The molecule has 0 atom stereocenters. The van der Waals surface area contributed by atoms with Gasteiger partial charge in [-0.15, -0.1) is 0 Å². The Kier molecular flexibility index (Phi) is 12.3. The zero-order valence-electron chi connectivity index (χ0n) is 21.1. The van der Waals surface area contributed by atoms with Gasteiger partial charge < -0.3 is 30.4 Å². The van der Waals surface area contributed by atoms with Crippen LogP contribution >= 0.6 is 0 Å². The fourth-order valence-corrected chi connectivity index (χ4v) is 4.33. The highest BCUT2D eigenvalue weighted by atomic mass is 32.2. The van der Waals surface area contributed by atoms with Gasteiger partial charge >= 0.3 is 0 Å². The van der Waals surface area contributed by atoms with Gasteiger partial charge in [-0.25, -0.2) is 17.2 Å². The summed E-state index contributed by atoms with van der Waals surface area (Å²) in [5.74, 6) is -4.04. The van der Waals surface area contributed by atoms with E-state index in [1.807, 2.05) is 0 Å². The van der Waals surface area contributed by atoms with Gasteiger partial charge in [-0.2, -0.15) is 4.99 Å². The Bertz CT molecular complexity index is 1220. The number of nitrogens with two attached hydrogens (primary N) is 2. The number of carbonyl (C=O) groups excluding carboxylic acids is 1. The Morgan fingerprint density at radius 1 is 0.974 bits per heavy atom. The Morgan fingerprint density at radius 3 is 2.13 bits per heavy atom. The molecule has 2 aromatic carbocycles. The number of aliphatic imine (C=N–C) groups is 1. The molecule has 208 valence electrons. The van der Waals surface area contributed by atoms with E-state index in [4.69, 9.17) is 30.4 Å². The van der Waals surface area contributed by atoms with E-state index < -0.39 is 39.1 Å². The van der Waals surface area contributed by atoms with Gasteiger partial charge in [-0.1, -0.05) is 0 Å². The van der Waals surface area contributed by atoms with Crippen LogP contribution in [-0.4, -0.2) is 66.2 Å². The quantitative estimate of drug-likeness (QED) is 0.146. The van der Waals surface area contributed by atoms with E-state index in [0.29, 0.717) is 26.4 Å². The van der Waals surface area contributed by atoms with Crippen LogP contribution in [0.25, 0.3) is 6.08 Å². The summed E-state index contributed by atoms with van der Waals surface area (Å²) in [6.07, 6.45) is 1.50. The molecule has 1 amide bonds. The summed E-state index contributed by atoms with van der Waals surface area (Å²) in [6.45, 7) is 3.31.